The summed E-state index contributed by atoms with van der Waals surface area (Å²) in [4.78, 5) is 0. The summed E-state index contributed by atoms with van der Waals surface area (Å²) in [5.41, 5.74) is 2.80. The van der Waals surface area contributed by atoms with Crippen LogP contribution >= 0.6 is 0 Å². The molecule has 0 unspecified atom stereocenters. The van der Waals surface area contributed by atoms with Gasteiger partial charge in [-0.1, -0.05) is 96.2 Å². The summed E-state index contributed by atoms with van der Waals surface area (Å²) in [5, 5.41) is 2.67. The van der Waals surface area contributed by atoms with E-state index < -0.39 is 0 Å². The van der Waals surface area contributed by atoms with Crippen molar-refractivity contribution in [1.82, 2.24) is 0 Å². The molecule has 0 saturated heterocycles. The van der Waals surface area contributed by atoms with Gasteiger partial charge < -0.3 is 0 Å². The van der Waals surface area contributed by atoms with E-state index in [0.29, 0.717) is 0 Å². The van der Waals surface area contributed by atoms with E-state index in [4.69, 9.17) is 0 Å². The van der Waals surface area contributed by atoms with Crippen LogP contribution < -0.4 is 10.4 Å². The second-order valence-electron chi connectivity index (χ2n) is 4.20. The number of hydrogen-bond donors (Lipinski definition) is 0. The maximum absolute atomic E-state index is 2.33. The molecule has 0 atom stereocenters. The summed E-state index contributed by atoms with van der Waals surface area (Å²) >= 11 is 0. The van der Waals surface area contributed by atoms with Gasteiger partial charge in [0.2, 0.25) is 0 Å². The highest BCUT2D eigenvalue weighted by atomic mass is 14.1. The molecule has 0 aliphatic heterocycles. The first-order valence-corrected chi connectivity index (χ1v) is 8.77. The highest BCUT2D eigenvalue weighted by molar-refractivity contribution is 5.63. The molecule has 120 valence electrons. The van der Waals surface area contributed by atoms with Gasteiger partial charge in [-0.25, -0.2) is 0 Å². The Hall–Kier alpha value is -1.82. The third-order valence-electron chi connectivity index (χ3n) is 3.13. The molecule has 3 rings (SSSR count). The van der Waals surface area contributed by atoms with Gasteiger partial charge in [0.25, 0.3) is 0 Å². The van der Waals surface area contributed by atoms with Crippen LogP contribution in [0.2, 0.25) is 0 Å². The van der Waals surface area contributed by atoms with Gasteiger partial charge in [-0.05, 0) is 40.5 Å². The molecular weight excluding hydrogens is 264 g/mol. The van der Waals surface area contributed by atoms with E-state index in [0.717, 1.165) is 12.8 Å². The van der Waals surface area contributed by atoms with Crippen molar-refractivity contribution in [3.8, 4) is 0 Å². The van der Waals surface area contributed by atoms with Crippen LogP contribution in [-0.2, 0) is 0 Å². The van der Waals surface area contributed by atoms with Crippen molar-refractivity contribution in [1.29, 1.82) is 0 Å². The molecule has 0 heteroatoms. The van der Waals surface area contributed by atoms with E-state index in [1.165, 1.54) is 21.6 Å². The molecule has 0 N–H and O–H groups in total. The number of allylic oxidation sites excluding steroid dienone is 6. The van der Waals surface area contributed by atoms with Crippen LogP contribution in [0, 0.1) is 0 Å². The summed E-state index contributed by atoms with van der Waals surface area (Å²) in [6.07, 6.45) is 15.6. The van der Waals surface area contributed by atoms with Gasteiger partial charge in [0.1, 0.15) is 0 Å². The van der Waals surface area contributed by atoms with Crippen LogP contribution in [0.15, 0.2) is 59.7 Å². The minimum absolute atomic E-state index is 1.04. The van der Waals surface area contributed by atoms with Gasteiger partial charge >= 0.3 is 0 Å². The number of hydrogen-bond acceptors (Lipinski definition) is 0. The van der Waals surface area contributed by atoms with Crippen molar-refractivity contribution in [3.63, 3.8) is 0 Å². The Bertz CT molecular complexity index is 610. The van der Waals surface area contributed by atoms with Crippen molar-refractivity contribution < 1.29 is 0 Å². The third-order valence-corrected chi connectivity index (χ3v) is 3.13. The molecule has 0 fully saturated rings. The molecule has 1 aromatic carbocycles. The van der Waals surface area contributed by atoms with Crippen molar-refractivity contribution in [2.45, 2.75) is 54.4 Å². The van der Waals surface area contributed by atoms with Crippen LogP contribution in [0.1, 0.15) is 54.4 Å². The largest absolute Gasteiger partial charge is 0.0807 e. The SMILES string of the molecule is C1=CCC=C2CC=c3ccccc3=CC2=C1.CC.CC.CC. The van der Waals surface area contributed by atoms with E-state index in [2.05, 4.69) is 60.7 Å². The van der Waals surface area contributed by atoms with Gasteiger partial charge in [0, 0.05) is 0 Å². The predicted octanol–water partition coefficient (Wildman–Crippen LogP) is 5.54. The first kappa shape index (κ1) is 20.2. The van der Waals surface area contributed by atoms with E-state index in [9.17, 15) is 0 Å². The van der Waals surface area contributed by atoms with Crippen LogP contribution in [0.25, 0.3) is 12.2 Å². The van der Waals surface area contributed by atoms with Crippen molar-refractivity contribution >= 4 is 12.2 Å². The van der Waals surface area contributed by atoms with E-state index >= 15 is 0 Å². The van der Waals surface area contributed by atoms with Gasteiger partial charge in [0.05, 0.1) is 0 Å². The summed E-state index contributed by atoms with van der Waals surface area (Å²) in [7, 11) is 0. The molecule has 0 bridgehead atoms. The normalized spacial score (nSPS) is 13.7. The van der Waals surface area contributed by atoms with Gasteiger partial charge in [-0.15, -0.1) is 0 Å². The average Bonchev–Trinajstić information content (AvgIpc) is 2.93. The zero-order valence-electron chi connectivity index (χ0n) is 15.2. The zero-order valence-corrected chi connectivity index (χ0v) is 15.2. The topological polar surface area (TPSA) is 0 Å². The quantitative estimate of drug-likeness (QED) is 0.589. The predicted molar refractivity (Wildman–Crippen MR) is 103 cm³/mol. The molecule has 0 heterocycles. The number of benzene rings is 1. The molecule has 22 heavy (non-hydrogen) atoms. The maximum atomic E-state index is 2.33. The fourth-order valence-corrected chi connectivity index (χ4v) is 2.24. The highest BCUT2D eigenvalue weighted by Gasteiger charge is 2.04. The van der Waals surface area contributed by atoms with Crippen molar-refractivity contribution in [2.75, 3.05) is 0 Å². The Morgan fingerprint density at radius 1 is 0.773 bits per heavy atom. The fraction of sp³-hybridized carbons (Fsp3) is 0.364. The highest BCUT2D eigenvalue weighted by Crippen LogP contribution is 2.20. The second-order valence-corrected chi connectivity index (χ2v) is 4.20. The smallest absolute Gasteiger partial charge is 0.00853 e. The van der Waals surface area contributed by atoms with Crippen molar-refractivity contribution in [3.05, 3.63) is 70.2 Å². The molecule has 0 spiro atoms. The summed E-state index contributed by atoms with van der Waals surface area (Å²) < 4.78 is 0. The van der Waals surface area contributed by atoms with E-state index in [-0.39, 0.29) is 0 Å². The average molecular weight is 296 g/mol. The molecule has 0 saturated carbocycles. The van der Waals surface area contributed by atoms with Crippen LogP contribution in [0.3, 0.4) is 0 Å². The van der Waals surface area contributed by atoms with E-state index in [1.54, 1.807) is 0 Å². The molecule has 0 aromatic heterocycles. The molecule has 0 amide bonds. The summed E-state index contributed by atoms with van der Waals surface area (Å²) in [6, 6.07) is 8.58. The molecule has 2 aliphatic carbocycles. The number of fused-ring (bicyclic) bond motifs is 2. The zero-order chi connectivity index (χ0) is 16.8. The monoisotopic (exact) mass is 296 g/mol. The Labute approximate surface area is 137 Å². The maximum Gasteiger partial charge on any atom is -0.00853 e. The Morgan fingerprint density at radius 2 is 1.41 bits per heavy atom. The van der Waals surface area contributed by atoms with Gasteiger partial charge in [-0.3, -0.25) is 0 Å². The molecule has 2 aliphatic rings. The lowest BCUT2D eigenvalue weighted by Crippen LogP contribution is -2.22. The van der Waals surface area contributed by atoms with E-state index in [1.807, 2.05) is 41.5 Å². The Balaban J connectivity index is 0.000000661. The molecule has 1 aromatic rings. The minimum atomic E-state index is 1.04. The first-order valence-electron chi connectivity index (χ1n) is 8.77. The summed E-state index contributed by atoms with van der Waals surface area (Å²) in [6.45, 7) is 12.0. The molecule has 0 nitrogen and oxygen atoms in total. The van der Waals surface area contributed by atoms with Gasteiger partial charge in [0.15, 0.2) is 0 Å². The molecular formula is C22H32. The lowest BCUT2D eigenvalue weighted by Gasteiger charge is -2.02. The minimum Gasteiger partial charge on any atom is -0.0807 e. The second kappa shape index (κ2) is 12.9. The summed E-state index contributed by atoms with van der Waals surface area (Å²) in [5.74, 6) is 0. The van der Waals surface area contributed by atoms with Crippen LogP contribution in [-0.4, -0.2) is 0 Å². The van der Waals surface area contributed by atoms with Crippen LogP contribution in [0.4, 0.5) is 0 Å². The third kappa shape index (κ3) is 5.89. The Morgan fingerprint density at radius 3 is 2.09 bits per heavy atom. The fourth-order valence-electron chi connectivity index (χ4n) is 2.24. The van der Waals surface area contributed by atoms with Crippen molar-refractivity contribution in [2.24, 2.45) is 0 Å². The van der Waals surface area contributed by atoms with Crippen LogP contribution in [0.5, 0.6) is 0 Å². The molecule has 0 radical (unpaired) electrons. The lowest BCUT2D eigenvalue weighted by molar-refractivity contribution is 1.26. The first-order chi connectivity index (χ1) is 10.9. The lowest BCUT2D eigenvalue weighted by atomic mass is 10.0. The number of rotatable bonds is 0. The standard InChI is InChI=1S/C16H14.3C2H6/c1-2-6-13-10-11-14-7-4-5-9-16(14)12-15(13)8-3-1;3*1-2/h1,3-9,11-12H,2,10H2;3*1-2H3. The Kier molecular flexibility index (Phi) is 11.8. The van der Waals surface area contributed by atoms with Gasteiger partial charge in [-0.2, -0.15) is 0 Å².